The summed E-state index contributed by atoms with van der Waals surface area (Å²) in [5.74, 6) is 1.93. The van der Waals surface area contributed by atoms with Crippen LogP contribution in [-0.4, -0.2) is 59.3 Å². The number of carbonyl (C=O) groups excluding carboxylic acids is 1. The molecule has 2 aromatic heterocycles. The third-order valence-electron chi connectivity index (χ3n) is 5.41. The van der Waals surface area contributed by atoms with Crippen molar-refractivity contribution >= 4 is 22.8 Å². The monoisotopic (exact) mass is 409 g/mol. The van der Waals surface area contributed by atoms with E-state index >= 15 is 0 Å². The molecule has 0 saturated carbocycles. The normalized spacial score (nSPS) is 16.3. The largest absolute Gasteiger partial charge is 0.496 e. The molecule has 1 aliphatic heterocycles. The molecule has 1 amide bonds. The molecule has 1 aliphatic rings. The number of ether oxygens (including phenoxy) is 2. The predicted molar refractivity (Wildman–Crippen MR) is 115 cm³/mol. The van der Waals surface area contributed by atoms with Gasteiger partial charge in [0.1, 0.15) is 17.1 Å². The number of hydrogen-bond donors (Lipinski definition) is 2. The second kappa shape index (κ2) is 8.22. The number of rotatable bonds is 6. The van der Waals surface area contributed by atoms with Crippen molar-refractivity contribution in [3.8, 4) is 11.5 Å². The number of anilines is 1. The zero-order chi connectivity index (χ0) is 21.3. The Morgan fingerprint density at radius 1 is 1.20 bits per heavy atom. The van der Waals surface area contributed by atoms with Crippen LogP contribution in [0.3, 0.4) is 0 Å². The van der Waals surface area contributed by atoms with Gasteiger partial charge in [0, 0.05) is 30.7 Å². The molecule has 1 fully saturated rings. The molecule has 8 heteroatoms. The number of nitrogens with one attached hydrogen (secondary N) is 2. The van der Waals surface area contributed by atoms with Gasteiger partial charge in [-0.2, -0.15) is 5.10 Å². The van der Waals surface area contributed by atoms with Crippen LogP contribution >= 0.6 is 0 Å². The Labute approximate surface area is 175 Å². The van der Waals surface area contributed by atoms with Crippen molar-refractivity contribution in [2.75, 3.05) is 32.6 Å². The number of aromatic amines is 1. The lowest BCUT2D eigenvalue weighted by Gasteiger charge is -2.20. The molecule has 3 heterocycles. The average Bonchev–Trinajstić information content (AvgIpc) is 3.39. The number of carbonyl (C=O) groups is 1. The molecule has 1 aromatic carbocycles. The summed E-state index contributed by atoms with van der Waals surface area (Å²) in [5.41, 5.74) is 2.18. The van der Waals surface area contributed by atoms with Gasteiger partial charge in [-0.15, -0.1) is 0 Å². The Hall–Kier alpha value is -3.29. The number of H-pyrrole nitrogens is 1. The smallest absolute Gasteiger partial charge is 0.261 e. The minimum absolute atomic E-state index is 0.0853. The van der Waals surface area contributed by atoms with Gasteiger partial charge in [-0.05, 0) is 44.5 Å². The van der Waals surface area contributed by atoms with Crippen molar-refractivity contribution < 1.29 is 14.3 Å². The lowest BCUT2D eigenvalue weighted by atomic mass is 10.0. The highest BCUT2D eigenvalue weighted by atomic mass is 16.5. The van der Waals surface area contributed by atoms with Crippen LogP contribution in [0.2, 0.25) is 0 Å². The number of amides is 1. The SMILES string of the molecule is COc1cccc(OC)c1C(=O)N1CCC(c2ccc3c(NC(C)C)n[nH]c3n2)C1. The minimum atomic E-state index is -0.0853. The third kappa shape index (κ3) is 3.65. The molecule has 1 saturated heterocycles. The molecule has 3 aromatic rings. The fourth-order valence-electron chi connectivity index (χ4n) is 3.94. The maximum absolute atomic E-state index is 13.2. The molecule has 1 unspecified atom stereocenters. The van der Waals surface area contributed by atoms with E-state index in [1.165, 1.54) is 0 Å². The van der Waals surface area contributed by atoms with Crippen LogP contribution in [0.5, 0.6) is 11.5 Å². The average molecular weight is 409 g/mol. The summed E-state index contributed by atoms with van der Waals surface area (Å²) in [5, 5.41) is 11.6. The first-order valence-electron chi connectivity index (χ1n) is 10.1. The van der Waals surface area contributed by atoms with Crippen LogP contribution in [0.15, 0.2) is 30.3 Å². The molecule has 30 heavy (non-hydrogen) atoms. The number of pyridine rings is 1. The summed E-state index contributed by atoms with van der Waals surface area (Å²) < 4.78 is 10.8. The summed E-state index contributed by atoms with van der Waals surface area (Å²) in [6, 6.07) is 9.73. The van der Waals surface area contributed by atoms with Crippen molar-refractivity contribution in [2.24, 2.45) is 0 Å². The Morgan fingerprint density at radius 3 is 2.60 bits per heavy atom. The predicted octanol–water partition coefficient (Wildman–Crippen LogP) is 3.43. The van der Waals surface area contributed by atoms with Gasteiger partial charge in [-0.25, -0.2) is 4.98 Å². The molecular formula is C22H27N5O3. The van der Waals surface area contributed by atoms with E-state index in [0.29, 0.717) is 30.2 Å². The maximum Gasteiger partial charge on any atom is 0.261 e. The highest BCUT2D eigenvalue weighted by Gasteiger charge is 2.32. The van der Waals surface area contributed by atoms with E-state index in [4.69, 9.17) is 14.5 Å². The van der Waals surface area contributed by atoms with Gasteiger partial charge in [0.25, 0.3) is 5.91 Å². The first-order valence-corrected chi connectivity index (χ1v) is 10.1. The number of hydrogen-bond acceptors (Lipinski definition) is 6. The molecule has 8 nitrogen and oxygen atoms in total. The van der Waals surface area contributed by atoms with Gasteiger partial charge < -0.3 is 19.7 Å². The van der Waals surface area contributed by atoms with Crippen molar-refractivity contribution in [3.63, 3.8) is 0 Å². The summed E-state index contributed by atoms with van der Waals surface area (Å²) in [4.78, 5) is 19.8. The van der Waals surface area contributed by atoms with Crippen LogP contribution in [-0.2, 0) is 0 Å². The first kappa shape index (κ1) is 20.0. The van der Waals surface area contributed by atoms with Crippen LogP contribution in [0.1, 0.15) is 42.2 Å². The van der Waals surface area contributed by atoms with Gasteiger partial charge in [0.2, 0.25) is 0 Å². The fraction of sp³-hybridized carbons (Fsp3) is 0.409. The lowest BCUT2D eigenvalue weighted by Crippen LogP contribution is -2.29. The second-order valence-electron chi connectivity index (χ2n) is 7.78. The summed E-state index contributed by atoms with van der Waals surface area (Å²) in [6.07, 6.45) is 0.854. The Bertz CT molecular complexity index is 1040. The van der Waals surface area contributed by atoms with Crippen molar-refractivity contribution in [1.29, 1.82) is 0 Å². The molecule has 0 spiro atoms. The standard InChI is InChI=1S/C22H27N5O3/c1-13(2)23-20-15-8-9-16(24-21(15)26-25-20)14-10-11-27(12-14)22(28)19-17(29-3)6-5-7-18(19)30-4/h5-9,13-14H,10-12H2,1-4H3,(H2,23,24,25,26). The van der Waals surface area contributed by atoms with Crippen molar-refractivity contribution in [2.45, 2.75) is 32.2 Å². The molecule has 0 bridgehead atoms. The zero-order valence-corrected chi connectivity index (χ0v) is 17.7. The Morgan fingerprint density at radius 2 is 1.93 bits per heavy atom. The van der Waals surface area contributed by atoms with Gasteiger partial charge >= 0.3 is 0 Å². The first-order chi connectivity index (χ1) is 14.5. The van der Waals surface area contributed by atoms with E-state index in [1.807, 2.05) is 23.1 Å². The van der Waals surface area contributed by atoms with E-state index in [2.05, 4.69) is 29.4 Å². The summed E-state index contributed by atoms with van der Waals surface area (Å²) in [7, 11) is 3.12. The Kier molecular flexibility index (Phi) is 5.48. The topological polar surface area (TPSA) is 92.4 Å². The van der Waals surface area contributed by atoms with Crippen LogP contribution < -0.4 is 14.8 Å². The van der Waals surface area contributed by atoms with E-state index in [9.17, 15) is 4.79 Å². The van der Waals surface area contributed by atoms with Crippen LogP contribution in [0.25, 0.3) is 11.0 Å². The van der Waals surface area contributed by atoms with E-state index in [1.54, 1.807) is 26.4 Å². The second-order valence-corrected chi connectivity index (χ2v) is 7.78. The van der Waals surface area contributed by atoms with Crippen molar-refractivity contribution in [3.05, 3.63) is 41.6 Å². The molecule has 1 atom stereocenters. The van der Waals surface area contributed by atoms with Gasteiger partial charge in [-0.3, -0.25) is 9.89 Å². The number of likely N-dealkylation sites (tertiary alicyclic amines) is 1. The maximum atomic E-state index is 13.2. The minimum Gasteiger partial charge on any atom is -0.496 e. The zero-order valence-electron chi connectivity index (χ0n) is 17.7. The molecule has 2 N–H and O–H groups in total. The van der Waals surface area contributed by atoms with Gasteiger partial charge in [0.15, 0.2) is 11.5 Å². The highest BCUT2D eigenvalue weighted by Crippen LogP contribution is 2.34. The molecule has 158 valence electrons. The number of benzene rings is 1. The summed E-state index contributed by atoms with van der Waals surface area (Å²) in [6.45, 7) is 5.41. The van der Waals surface area contributed by atoms with Gasteiger partial charge in [0.05, 0.1) is 19.6 Å². The quantitative estimate of drug-likeness (QED) is 0.648. The number of aromatic nitrogens is 3. The number of fused-ring (bicyclic) bond motifs is 1. The molecular weight excluding hydrogens is 382 g/mol. The third-order valence-corrected chi connectivity index (χ3v) is 5.41. The summed E-state index contributed by atoms with van der Waals surface area (Å²) >= 11 is 0. The molecule has 4 rings (SSSR count). The molecule has 0 aliphatic carbocycles. The van der Waals surface area contributed by atoms with Crippen LogP contribution in [0, 0.1) is 0 Å². The lowest BCUT2D eigenvalue weighted by molar-refractivity contribution is 0.0783. The van der Waals surface area contributed by atoms with Crippen molar-refractivity contribution in [1.82, 2.24) is 20.1 Å². The van der Waals surface area contributed by atoms with E-state index in [-0.39, 0.29) is 17.9 Å². The van der Waals surface area contributed by atoms with Gasteiger partial charge in [-0.1, -0.05) is 6.07 Å². The highest BCUT2D eigenvalue weighted by molar-refractivity contribution is 6.00. The fourth-order valence-corrected chi connectivity index (χ4v) is 3.94. The number of methoxy groups -OCH3 is 2. The molecule has 0 radical (unpaired) electrons. The Balaban J connectivity index is 1.54. The van der Waals surface area contributed by atoms with E-state index < -0.39 is 0 Å². The van der Waals surface area contributed by atoms with Crippen LogP contribution in [0.4, 0.5) is 5.82 Å². The van der Waals surface area contributed by atoms with E-state index in [0.717, 1.165) is 29.0 Å². The number of nitrogens with zero attached hydrogens (tertiary/aromatic N) is 3.